The number of carbonyl (C=O) groups excluding carboxylic acids is 1. The van der Waals surface area contributed by atoms with E-state index in [1.54, 1.807) is 0 Å². The zero-order valence-electron chi connectivity index (χ0n) is 7.83. The molecule has 17 heavy (non-hydrogen) atoms. The molecular weight excluding hydrogens is 275 g/mol. The molecule has 0 spiro atoms. The van der Waals surface area contributed by atoms with Crippen LogP contribution in [0.4, 0.5) is 26.3 Å². The predicted octanol–water partition coefficient (Wildman–Crippen LogP) is -2.15. The van der Waals surface area contributed by atoms with Gasteiger partial charge in [-0.05, 0) is 10.6 Å². The normalized spacial score (nSPS) is 15.2. The van der Waals surface area contributed by atoms with Crippen LogP contribution in [-0.4, -0.2) is 24.2 Å². The molecule has 0 aromatic heterocycles. The first-order valence-corrected chi connectivity index (χ1v) is 3.07. The van der Waals surface area contributed by atoms with Gasteiger partial charge in [0, 0.05) is 4.91 Å². The van der Waals surface area contributed by atoms with E-state index in [2.05, 4.69) is 4.74 Å². The third-order valence-electron chi connectivity index (χ3n) is 1.08. The Morgan fingerprint density at radius 1 is 1.24 bits per heavy atom. The molecule has 13 heteroatoms. The molecule has 0 aliphatic carbocycles. The van der Waals surface area contributed by atoms with E-state index in [9.17, 15) is 36.2 Å². The van der Waals surface area contributed by atoms with Gasteiger partial charge in [-0.2, -0.15) is 13.2 Å². The van der Waals surface area contributed by atoms with Crippen LogP contribution in [0.1, 0.15) is 0 Å². The number of hydrogen-bond acceptors (Lipinski definition) is 4. The van der Waals surface area contributed by atoms with Crippen molar-refractivity contribution in [2.75, 3.05) is 0 Å². The number of halogens is 6. The quantitative estimate of drug-likeness (QED) is 0.146. The Bertz CT molecular complexity index is 342. The second-order valence-electron chi connectivity index (χ2n) is 2.16. The fourth-order valence-electron chi connectivity index (χ4n) is 0.506. The molecule has 0 bridgehead atoms. The molecule has 6 nitrogen and oxygen atoms in total. The fourth-order valence-corrected chi connectivity index (χ4v) is 0.506. The molecule has 1 atom stereocenters. The van der Waals surface area contributed by atoms with E-state index in [0.29, 0.717) is 0 Å². The second-order valence-corrected chi connectivity index (χ2v) is 2.16. The Balaban J connectivity index is 0. The molecule has 0 aromatic carbocycles. The number of rotatable bonds is 4. The van der Waals surface area contributed by atoms with Crippen LogP contribution in [0.15, 0.2) is 5.11 Å². The number of hydrogen-bond donors (Lipinski definition) is 0. The van der Waals surface area contributed by atoms with E-state index in [0.717, 1.165) is 0 Å². The monoisotopic (exact) mass is 275 g/mol. The van der Waals surface area contributed by atoms with Crippen molar-refractivity contribution in [2.45, 2.75) is 18.3 Å². The first-order chi connectivity index (χ1) is 6.96. The van der Waals surface area contributed by atoms with Crippen LogP contribution in [0.3, 0.4) is 0 Å². The number of carbonyl (C=O) groups is 1. The van der Waals surface area contributed by atoms with E-state index in [1.165, 1.54) is 10.0 Å². The van der Waals surface area contributed by atoms with Crippen molar-refractivity contribution in [2.24, 2.45) is 5.11 Å². The summed E-state index contributed by atoms with van der Waals surface area (Å²) in [5, 5.41) is 11.1. The molecule has 92 valence electrons. The smallest absolute Gasteiger partial charge is 0.544 e. The first-order valence-electron chi connectivity index (χ1n) is 3.07. The van der Waals surface area contributed by atoms with Gasteiger partial charge in [-0.15, -0.1) is 13.2 Å². The molecule has 0 saturated heterocycles. The van der Waals surface area contributed by atoms with Crippen molar-refractivity contribution in [3.63, 3.8) is 0 Å². The minimum atomic E-state index is -6.04. The maximum Gasteiger partial charge on any atom is 1.00 e. The number of carboxylic acid groups (broad SMARTS) is 1. The Morgan fingerprint density at radius 3 is 1.88 bits per heavy atom. The number of azide groups is 1. The van der Waals surface area contributed by atoms with Gasteiger partial charge in [0.05, 0.1) is 0 Å². The summed E-state index contributed by atoms with van der Waals surface area (Å²) in [6.45, 7) is 0. The van der Waals surface area contributed by atoms with Crippen molar-refractivity contribution < 1.29 is 70.5 Å². The van der Waals surface area contributed by atoms with Crippen LogP contribution in [-0.2, 0) is 9.53 Å². The van der Waals surface area contributed by atoms with E-state index < -0.39 is 24.2 Å². The molecule has 0 aromatic rings. The Morgan fingerprint density at radius 2 is 1.65 bits per heavy atom. The van der Waals surface area contributed by atoms with Crippen LogP contribution in [0.25, 0.3) is 10.4 Å². The van der Waals surface area contributed by atoms with Crippen LogP contribution in [0.5, 0.6) is 0 Å². The van der Waals surface area contributed by atoms with Crippen molar-refractivity contribution in [3.05, 3.63) is 10.4 Å². The Hall–Kier alpha value is -0.680. The number of alkyl halides is 6. The molecule has 0 aliphatic rings. The number of carboxylic acids is 1. The molecule has 0 rings (SSSR count). The Kier molecular flexibility index (Phi) is 6.35. The summed E-state index contributed by atoms with van der Waals surface area (Å²) < 4.78 is 74.0. The van der Waals surface area contributed by atoms with E-state index in [-0.39, 0.29) is 29.6 Å². The summed E-state index contributed by atoms with van der Waals surface area (Å²) in [5.74, 6) is -9.18. The van der Waals surface area contributed by atoms with Gasteiger partial charge >= 0.3 is 47.8 Å². The molecule has 0 amide bonds. The van der Waals surface area contributed by atoms with Crippen LogP contribution < -0.4 is 34.7 Å². The number of aliphatic carboxylic acids is 1. The predicted molar refractivity (Wildman–Crippen MR) is 30.1 cm³/mol. The number of nitrogens with zero attached hydrogens (tertiary/aromatic N) is 3. The third-order valence-corrected chi connectivity index (χ3v) is 1.08. The van der Waals surface area contributed by atoms with Crippen LogP contribution >= 0.6 is 0 Å². The summed E-state index contributed by atoms with van der Waals surface area (Å²) in [4.78, 5) is 11.1. The summed E-state index contributed by atoms with van der Waals surface area (Å²) in [7, 11) is 0. The molecule has 0 radical (unpaired) electrons. The van der Waals surface area contributed by atoms with Crippen LogP contribution in [0, 0.1) is 0 Å². The maximum absolute atomic E-state index is 12.8. The number of ether oxygens (including phenoxy) is 1. The molecule has 0 fully saturated rings. The SMILES string of the molecule is [N-]=[N+]=NC(F)(F)C(F)(OC(F)(F)F)C(=O)[O-].[Na+]. The van der Waals surface area contributed by atoms with Gasteiger partial charge in [0.1, 0.15) is 5.97 Å². The summed E-state index contributed by atoms with van der Waals surface area (Å²) in [6.07, 6.45) is -6.04. The molecule has 1 unspecified atom stereocenters. The van der Waals surface area contributed by atoms with Gasteiger partial charge < -0.3 is 9.90 Å². The van der Waals surface area contributed by atoms with Gasteiger partial charge in [-0.25, -0.2) is 4.74 Å². The zero-order chi connectivity index (χ0) is 13.2. The van der Waals surface area contributed by atoms with E-state index >= 15 is 0 Å². The average Bonchev–Trinajstić information content (AvgIpc) is 1.99. The average molecular weight is 275 g/mol. The van der Waals surface area contributed by atoms with Crippen molar-refractivity contribution >= 4 is 5.97 Å². The minimum Gasteiger partial charge on any atom is -0.544 e. The van der Waals surface area contributed by atoms with Gasteiger partial charge in [0.15, 0.2) is 0 Å². The summed E-state index contributed by atoms with van der Waals surface area (Å²) >= 11 is 0. The van der Waals surface area contributed by atoms with Crippen molar-refractivity contribution in [1.29, 1.82) is 0 Å². The minimum absolute atomic E-state index is 0. The molecule has 0 N–H and O–H groups in total. The van der Waals surface area contributed by atoms with Crippen LogP contribution in [0.2, 0.25) is 0 Å². The summed E-state index contributed by atoms with van der Waals surface area (Å²) in [6, 6.07) is -5.63. The van der Waals surface area contributed by atoms with E-state index in [1.807, 2.05) is 0 Å². The fraction of sp³-hybridized carbons (Fsp3) is 0.750. The molecule has 0 aliphatic heterocycles. The maximum atomic E-state index is 12.8. The third kappa shape index (κ3) is 4.60. The largest absolute Gasteiger partial charge is 1.00 e. The van der Waals surface area contributed by atoms with Crippen molar-refractivity contribution in [1.82, 2.24) is 0 Å². The Labute approximate surface area is 110 Å². The first kappa shape index (κ1) is 18.7. The summed E-state index contributed by atoms with van der Waals surface area (Å²) in [5.41, 5.74) is 7.51. The second kappa shape index (κ2) is 5.78. The molecule has 0 heterocycles. The molecular formula is C4F6N3NaO3. The van der Waals surface area contributed by atoms with Crippen molar-refractivity contribution in [3.8, 4) is 0 Å². The topological polar surface area (TPSA) is 98.1 Å². The van der Waals surface area contributed by atoms with Gasteiger partial charge in [0.25, 0.3) is 0 Å². The van der Waals surface area contributed by atoms with Gasteiger partial charge in [-0.3, -0.25) is 0 Å². The molecule has 0 saturated carbocycles. The van der Waals surface area contributed by atoms with Gasteiger partial charge in [0.2, 0.25) is 0 Å². The standard InChI is InChI=1S/C4HF6N3O3.Na/c5-2(1(14)15,16-4(8,9)10)3(6,7)12-13-11;/h(H,14,15);/q;+1/p-1. The van der Waals surface area contributed by atoms with Gasteiger partial charge in [-0.1, -0.05) is 0 Å². The zero-order valence-corrected chi connectivity index (χ0v) is 9.83. The van der Waals surface area contributed by atoms with E-state index in [4.69, 9.17) is 5.53 Å².